The van der Waals surface area contributed by atoms with Crippen molar-refractivity contribution in [3.8, 4) is 0 Å². The van der Waals surface area contributed by atoms with Crippen LogP contribution in [-0.4, -0.2) is 108 Å². The van der Waals surface area contributed by atoms with E-state index in [2.05, 4.69) is 31.6 Å². The van der Waals surface area contributed by atoms with Gasteiger partial charge in [-0.25, -0.2) is 14.4 Å². The van der Waals surface area contributed by atoms with Gasteiger partial charge in [-0.3, -0.25) is 14.6 Å². The lowest BCUT2D eigenvalue weighted by Gasteiger charge is -2.35. The molecule has 5 N–H and O–H groups in total. The number of anilines is 1. The summed E-state index contributed by atoms with van der Waals surface area (Å²) in [6.07, 6.45) is 1.13. The third-order valence-corrected chi connectivity index (χ3v) is 8.89. The Morgan fingerprint density at radius 3 is 1.75 bits per heavy atom. The van der Waals surface area contributed by atoms with Crippen molar-refractivity contribution in [3.63, 3.8) is 0 Å². The van der Waals surface area contributed by atoms with Crippen molar-refractivity contribution in [3.05, 3.63) is 72.4 Å². The molecule has 0 saturated heterocycles. The minimum absolute atomic E-state index is 0.194. The molecule has 0 saturated carbocycles. The Hall–Kier alpha value is -5.44. The van der Waals surface area contributed by atoms with E-state index in [1.807, 2.05) is 67.7 Å². The quantitative estimate of drug-likeness (QED) is 0.0710. The summed E-state index contributed by atoms with van der Waals surface area (Å²) in [4.78, 5) is 70.5. The standard InChI is InChI=1S/C44H65N7O8/c1-42(2,3)57-39(54)45-24-27-51(10,28-25-46-40(55)58-43(4,5)6)26-16-21-35(50-41(56)59-44(7,8)9)38(53)49-36(23-22-31-17-12-11-13-18-31)37(52)48-33-29-32-19-14-15-20-34(32)47-30-33/h11-15,17-20,29-30,35-36H,16,21-28H2,1-10H3,(H4-,45,46,48,49,50,52,53,54,55,56)/p+1/t35-,36-/m0/s1. The van der Waals surface area contributed by atoms with Gasteiger partial charge in [0.05, 0.1) is 57.2 Å². The molecule has 0 bridgehead atoms. The summed E-state index contributed by atoms with van der Waals surface area (Å²) in [5.74, 6) is -0.977. The maximum absolute atomic E-state index is 14.2. The Morgan fingerprint density at radius 2 is 1.17 bits per heavy atom. The number of nitrogens with zero attached hydrogens (tertiary/aromatic N) is 2. The number of likely N-dealkylation sites (N-methyl/N-ethyl adjacent to an activating group) is 1. The summed E-state index contributed by atoms with van der Waals surface area (Å²) < 4.78 is 16.7. The molecule has 1 aromatic heterocycles. The van der Waals surface area contributed by atoms with Crippen molar-refractivity contribution in [2.75, 3.05) is 45.1 Å². The monoisotopic (exact) mass is 820 g/mol. The fourth-order valence-corrected chi connectivity index (χ4v) is 6.08. The summed E-state index contributed by atoms with van der Waals surface area (Å²) in [6.45, 7) is 17.9. The normalized spacial score (nSPS) is 13.1. The molecule has 0 fully saturated rings. The van der Waals surface area contributed by atoms with E-state index in [9.17, 15) is 24.0 Å². The Balaban J connectivity index is 1.80. The predicted octanol–water partition coefficient (Wildman–Crippen LogP) is 6.46. The molecule has 324 valence electrons. The number of ether oxygens (including phenoxy) is 3. The molecule has 1 heterocycles. The number of hydrogen-bond acceptors (Lipinski definition) is 9. The maximum atomic E-state index is 14.2. The molecule has 59 heavy (non-hydrogen) atoms. The van der Waals surface area contributed by atoms with Crippen LogP contribution >= 0.6 is 0 Å². The van der Waals surface area contributed by atoms with Crippen LogP contribution in [0.15, 0.2) is 66.9 Å². The first-order valence-electron chi connectivity index (χ1n) is 20.3. The number of aromatic nitrogens is 1. The zero-order chi connectivity index (χ0) is 43.9. The average Bonchev–Trinajstić information content (AvgIpc) is 3.11. The number of hydrogen-bond donors (Lipinski definition) is 5. The van der Waals surface area contributed by atoms with E-state index >= 15 is 0 Å². The number of alkyl carbamates (subject to hydrolysis) is 3. The molecule has 3 aromatic rings. The summed E-state index contributed by atoms with van der Waals surface area (Å²) >= 11 is 0. The summed E-state index contributed by atoms with van der Waals surface area (Å²) in [6, 6.07) is 17.0. The number of quaternary nitrogens is 1. The number of benzene rings is 2. The highest BCUT2D eigenvalue weighted by Gasteiger charge is 2.31. The molecule has 0 unspecified atom stereocenters. The van der Waals surface area contributed by atoms with E-state index in [-0.39, 0.29) is 25.9 Å². The molecule has 0 spiro atoms. The molecule has 15 heteroatoms. The number of pyridine rings is 1. The second-order valence-corrected chi connectivity index (χ2v) is 18.0. The van der Waals surface area contributed by atoms with Crippen molar-refractivity contribution < 1.29 is 42.7 Å². The van der Waals surface area contributed by atoms with Crippen LogP contribution in [0.1, 0.15) is 87.1 Å². The number of para-hydroxylation sites is 1. The first-order chi connectivity index (χ1) is 27.5. The smallest absolute Gasteiger partial charge is 0.408 e. The zero-order valence-electron chi connectivity index (χ0n) is 36.5. The van der Waals surface area contributed by atoms with Crippen molar-refractivity contribution in [2.24, 2.45) is 0 Å². The topological polar surface area (TPSA) is 186 Å². The molecule has 0 radical (unpaired) electrons. The van der Waals surface area contributed by atoms with Crippen molar-refractivity contribution >= 4 is 46.7 Å². The Morgan fingerprint density at radius 1 is 0.644 bits per heavy atom. The number of carbonyl (C=O) groups excluding carboxylic acids is 5. The number of fused-ring (bicyclic) bond motifs is 1. The third-order valence-electron chi connectivity index (χ3n) is 8.89. The Labute approximate surface area is 349 Å². The second kappa shape index (κ2) is 21.5. The van der Waals surface area contributed by atoms with Gasteiger partial charge in [-0.15, -0.1) is 0 Å². The highest BCUT2D eigenvalue weighted by atomic mass is 16.6. The van der Waals surface area contributed by atoms with E-state index in [0.717, 1.165) is 16.5 Å². The molecular weight excluding hydrogens is 755 g/mol. The van der Waals surface area contributed by atoms with Crippen LogP contribution in [0.4, 0.5) is 20.1 Å². The minimum Gasteiger partial charge on any atom is -0.444 e. The fourth-order valence-electron chi connectivity index (χ4n) is 6.08. The average molecular weight is 821 g/mol. The Kier molecular flexibility index (Phi) is 17.5. The van der Waals surface area contributed by atoms with Crippen LogP contribution < -0.4 is 26.6 Å². The van der Waals surface area contributed by atoms with Crippen LogP contribution in [-0.2, 0) is 30.2 Å². The van der Waals surface area contributed by atoms with E-state index in [1.54, 1.807) is 68.5 Å². The molecule has 2 aromatic carbocycles. The van der Waals surface area contributed by atoms with Gasteiger partial charge < -0.3 is 45.3 Å². The molecule has 2 atom stereocenters. The van der Waals surface area contributed by atoms with Crippen LogP contribution in [0.25, 0.3) is 10.9 Å². The number of nitrogens with one attached hydrogen (secondary N) is 5. The van der Waals surface area contributed by atoms with E-state index in [1.165, 1.54) is 0 Å². The SMILES string of the molecule is CC(C)(C)OC(=O)NCC[N+](C)(CCC[C@H](NC(=O)OC(C)(C)C)C(=O)N[C@@H](CCc1ccccc1)C(=O)Nc1cnc2ccccc2c1)CCNC(=O)OC(C)(C)C. The second-order valence-electron chi connectivity index (χ2n) is 18.0. The lowest BCUT2D eigenvalue weighted by atomic mass is 10.0. The lowest BCUT2D eigenvalue weighted by Crippen LogP contribution is -2.55. The van der Waals surface area contributed by atoms with E-state index < -0.39 is 59.0 Å². The Bertz CT molecular complexity index is 1820. The van der Waals surface area contributed by atoms with Gasteiger partial charge in [0.15, 0.2) is 0 Å². The maximum Gasteiger partial charge on any atom is 0.408 e. The molecule has 0 aliphatic heterocycles. The first-order valence-corrected chi connectivity index (χ1v) is 20.3. The third kappa shape index (κ3) is 19.2. The summed E-state index contributed by atoms with van der Waals surface area (Å²) in [5.41, 5.74) is 0.111. The molecule has 0 aliphatic carbocycles. The molecular formula is C44H66N7O8+. The van der Waals surface area contributed by atoms with E-state index in [4.69, 9.17) is 14.2 Å². The largest absolute Gasteiger partial charge is 0.444 e. The van der Waals surface area contributed by atoms with Crippen LogP contribution in [0.5, 0.6) is 0 Å². The van der Waals surface area contributed by atoms with Crippen LogP contribution in [0, 0.1) is 0 Å². The predicted molar refractivity (Wildman–Crippen MR) is 229 cm³/mol. The lowest BCUT2D eigenvalue weighted by molar-refractivity contribution is -0.907. The highest BCUT2D eigenvalue weighted by molar-refractivity contribution is 5.99. The molecule has 0 aliphatic rings. The molecule has 15 nitrogen and oxygen atoms in total. The van der Waals surface area contributed by atoms with Crippen LogP contribution in [0.3, 0.4) is 0 Å². The van der Waals surface area contributed by atoms with Gasteiger partial charge in [0.25, 0.3) is 0 Å². The highest BCUT2D eigenvalue weighted by Crippen LogP contribution is 2.18. The number of rotatable bonds is 18. The first kappa shape index (κ1) is 47.9. The van der Waals surface area contributed by atoms with Crippen molar-refractivity contribution in [2.45, 2.75) is 117 Å². The fraction of sp³-hybridized carbons (Fsp3) is 0.545. The molecule has 5 amide bonds. The number of carbonyl (C=O) groups is 5. The minimum atomic E-state index is -1.06. The van der Waals surface area contributed by atoms with Gasteiger partial charge >= 0.3 is 18.3 Å². The van der Waals surface area contributed by atoms with Gasteiger partial charge in [0.2, 0.25) is 11.8 Å². The van der Waals surface area contributed by atoms with Gasteiger partial charge in [0.1, 0.15) is 28.9 Å². The van der Waals surface area contributed by atoms with Crippen molar-refractivity contribution in [1.29, 1.82) is 0 Å². The zero-order valence-corrected chi connectivity index (χ0v) is 36.5. The van der Waals surface area contributed by atoms with Gasteiger partial charge in [0, 0.05) is 5.39 Å². The van der Waals surface area contributed by atoms with Gasteiger partial charge in [-0.2, -0.15) is 0 Å². The molecule has 3 rings (SSSR count). The number of amides is 5. The summed E-state index contributed by atoms with van der Waals surface area (Å²) in [5, 5.41) is 15.0. The van der Waals surface area contributed by atoms with Gasteiger partial charge in [-0.1, -0.05) is 48.5 Å². The summed E-state index contributed by atoms with van der Waals surface area (Å²) in [7, 11) is 1.98. The van der Waals surface area contributed by atoms with Gasteiger partial charge in [-0.05, 0) is 106 Å². The van der Waals surface area contributed by atoms with E-state index in [0.29, 0.717) is 42.6 Å². The van der Waals surface area contributed by atoms with Crippen molar-refractivity contribution in [1.82, 2.24) is 26.3 Å². The number of aryl methyl sites for hydroxylation is 1. The van der Waals surface area contributed by atoms with Crippen LogP contribution in [0.2, 0.25) is 0 Å².